The first-order chi connectivity index (χ1) is 11.8. The van der Waals surface area contributed by atoms with E-state index >= 15 is 0 Å². The number of amides is 1. The van der Waals surface area contributed by atoms with Crippen LogP contribution in [0.5, 0.6) is 5.75 Å². The standard InChI is InChI=1S/C15H18Cl2N2O5S/c1-23-12-3-2-10(18-14(20)11-9-15(11,16)17)8-13(12)25(21,22)19-4-6-24-7-5-19/h2-3,8,11H,4-7,9H2,1H3,(H,18,20)/t11-/m0/s1. The first-order valence-corrected chi connectivity index (χ1v) is 9.90. The Morgan fingerprint density at radius 2 is 2.00 bits per heavy atom. The molecule has 1 aliphatic heterocycles. The minimum absolute atomic E-state index is 0.00601. The van der Waals surface area contributed by atoms with Gasteiger partial charge < -0.3 is 14.8 Å². The molecule has 0 bridgehead atoms. The van der Waals surface area contributed by atoms with Crippen LogP contribution in [0.1, 0.15) is 6.42 Å². The monoisotopic (exact) mass is 408 g/mol. The molecule has 1 aliphatic carbocycles. The van der Waals surface area contributed by atoms with Crippen LogP contribution >= 0.6 is 23.2 Å². The van der Waals surface area contributed by atoms with Crippen LogP contribution in [0.2, 0.25) is 0 Å². The molecule has 25 heavy (non-hydrogen) atoms. The molecule has 1 saturated heterocycles. The summed E-state index contributed by atoms with van der Waals surface area (Å²) < 4.78 is 36.5. The highest BCUT2D eigenvalue weighted by Gasteiger charge is 2.56. The smallest absolute Gasteiger partial charge is 0.246 e. The quantitative estimate of drug-likeness (QED) is 0.751. The summed E-state index contributed by atoms with van der Waals surface area (Å²) in [5, 5.41) is 2.66. The fourth-order valence-electron chi connectivity index (χ4n) is 2.61. The third kappa shape index (κ3) is 3.88. The van der Waals surface area contributed by atoms with Crippen LogP contribution < -0.4 is 10.1 Å². The molecule has 138 valence electrons. The Bertz CT molecular complexity index is 778. The molecule has 0 aromatic heterocycles. The summed E-state index contributed by atoms with van der Waals surface area (Å²) in [5.74, 6) is -0.637. The van der Waals surface area contributed by atoms with Crippen molar-refractivity contribution in [3.63, 3.8) is 0 Å². The number of nitrogens with zero attached hydrogens (tertiary/aromatic N) is 1. The maximum Gasteiger partial charge on any atom is 0.246 e. The number of anilines is 1. The van der Waals surface area contributed by atoms with Gasteiger partial charge in [-0.3, -0.25) is 4.79 Å². The van der Waals surface area contributed by atoms with Crippen LogP contribution in [-0.2, 0) is 19.6 Å². The van der Waals surface area contributed by atoms with E-state index < -0.39 is 20.3 Å². The van der Waals surface area contributed by atoms with Gasteiger partial charge in [0.05, 0.1) is 26.2 Å². The number of hydrogen-bond donors (Lipinski definition) is 1. The third-order valence-electron chi connectivity index (χ3n) is 4.16. The van der Waals surface area contributed by atoms with Crippen molar-refractivity contribution in [2.75, 3.05) is 38.7 Å². The fraction of sp³-hybridized carbons (Fsp3) is 0.533. The van der Waals surface area contributed by atoms with Gasteiger partial charge in [-0.1, -0.05) is 0 Å². The lowest BCUT2D eigenvalue weighted by Gasteiger charge is -2.26. The van der Waals surface area contributed by atoms with Crippen molar-refractivity contribution in [3.8, 4) is 5.75 Å². The van der Waals surface area contributed by atoms with Crippen LogP contribution in [0.4, 0.5) is 5.69 Å². The number of carbonyl (C=O) groups is 1. The summed E-state index contributed by atoms with van der Waals surface area (Å²) >= 11 is 11.8. The van der Waals surface area contributed by atoms with Crippen molar-refractivity contribution in [1.82, 2.24) is 4.31 Å². The van der Waals surface area contributed by atoms with Gasteiger partial charge >= 0.3 is 0 Å². The van der Waals surface area contributed by atoms with E-state index in [9.17, 15) is 13.2 Å². The van der Waals surface area contributed by atoms with Crippen LogP contribution in [0.25, 0.3) is 0 Å². The van der Waals surface area contributed by atoms with Gasteiger partial charge in [0.1, 0.15) is 15.0 Å². The number of sulfonamides is 1. The lowest BCUT2D eigenvalue weighted by Crippen LogP contribution is -2.40. The number of alkyl halides is 2. The Labute approximate surface area is 156 Å². The number of rotatable bonds is 5. The van der Waals surface area contributed by atoms with E-state index in [4.69, 9.17) is 32.7 Å². The molecule has 1 heterocycles. The van der Waals surface area contributed by atoms with E-state index in [1.54, 1.807) is 6.07 Å². The van der Waals surface area contributed by atoms with Gasteiger partial charge in [-0.2, -0.15) is 4.31 Å². The molecule has 1 amide bonds. The molecule has 1 N–H and O–H groups in total. The average Bonchev–Trinajstić information content (AvgIpc) is 3.24. The average molecular weight is 409 g/mol. The van der Waals surface area contributed by atoms with Gasteiger partial charge in [-0.15, -0.1) is 23.2 Å². The number of nitrogens with one attached hydrogen (secondary N) is 1. The van der Waals surface area contributed by atoms with E-state index in [1.165, 1.54) is 23.5 Å². The number of benzene rings is 1. The number of methoxy groups -OCH3 is 1. The Balaban J connectivity index is 1.86. The Morgan fingerprint density at radius 3 is 2.56 bits per heavy atom. The molecular formula is C15H18Cl2N2O5S. The van der Waals surface area contributed by atoms with Crippen molar-refractivity contribution in [3.05, 3.63) is 18.2 Å². The molecule has 2 aliphatic rings. The predicted molar refractivity (Wildman–Crippen MR) is 93.7 cm³/mol. The molecule has 1 atom stereocenters. The first-order valence-electron chi connectivity index (χ1n) is 7.70. The molecule has 7 nitrogen and oxygen atoms in total. The number of carbonyl (C=O) groups excluding carboxylic acids is 1. The first kappa shape index (κ1) is 18.7. The topological polar surface area (TPSA) is 84.9 Å². The second-order valence-electron chi connectivity index (χ2n) is 5.89. The summed E-state index contributed by atoms with van der Waals surface area (Å²) in [6, 6.07) is 4.46. The van der Waals surface area contributed by atoms with Gasteiger partial charge in [0.2, 0.25) is 15.9 Å². The molecular weight excluding hydrogens is 391 g/mol. The Kier molecular flexibility index (Phi) is 5.18. The van der Waals surface area contributed by atoms with E-state index in [-0.39, 0.29) is 29.6 Å². The van der Waals surface area contributed by atoms with Crippen molar-refractivity contribution in [2.45, 2.75) is 15.6 Å². The van der Waals surface area contributed by atoms with E-state index in [2.05, 4.69) is 5.32 Å². The summed E-state index contributed by atoms with van der Waals surface area (Å²) in [7, 11) is -2.37. The molecule has 10 heteroatoms. The van der Waals surface area contributed by atoms with Crippen molar-refractivity contribution in [2.24, 2.45) is 5.92 Å². The molecule has 2 fully saturated rings. The zero-order valence-electron chi connectivity index (χ0n) is 13.5. The highest BCUT2D eigenvalue weighted by Crippen LogP contribution is 2.53. The summed E-state index contributed by atoms with van der Waals surface area (Å²) in [6.45, 7) is 1.22. The van der Waals surface area contributed by atoms with Crippen LogP contribution in [0, 0.1) is 5.92 Å². The van der Waals surface area contributed by atoms with E-state index in [0.29, 0.717) is 25.3 Å². The lowest BCUT2D eigenvalue weighted by atomic mass is 10.3. The van der Waals surface area contributed by atoms with E-state index in [0.717, 1.165) is 0 Å². The summed E-state index contributed by atoms with van der Waals surface area (Å²) in [6.07, 6.45) is 0.372. The molecule has 1 aromatic carbocycles. The van der Waals surface area contributed by atoms with Gasteiger partial charge in [0.25, 0.3) is 0 Å². The minimum atomic E-state index is -3.77. The zero-order chi connectivity index (χ0) is 18.2. The van der Waals surface area contributed by atoms with Gasteiger partial charge in [-0.25, -0.2) is 8.42 Å². The maximum absolute atomic E-state index is 12.9. The van der Waals surface area contributed by atoms with E-state index in [1.807, 2.05) is 0 Å². The molecule has 3 rings (SSSR count). The zero-order valence-corrected chi connectivity index (χ0v) is 15.8. The predicted octanol–water partition coefficient (Wildman–Crippen LogP) is 1.85. The van der Waals surface area contributed by atoms with Crippen LogP contribution in [0.15, 0.2) is 23.1 Å². The Hall–Kier alpha value is -1.06. The second kappa shape index (κ2) is 6.92. The van der Waals surface area contributed by atoms with Crippen LogP contribution in [-0.4, -0.2) is 56.4 Å². The third-order valence-corrected chi connectivity index (χ3v) is 6.92. The van der Waals surface area contributed by atoms with Crippen molar-refractivity contribution in [1.29, 1.82) is 0 Å². The van der Waals surface area contributed by atoms with Gasteiger partial charge in [-0.05, 0) is 24.6 Å². The highest BCUT2D eigenvalue weighted by atomic mass is 35.5. The fourth-order valence-corrected chi connectivity index (χ4v) is 4.71. The number of halogens is 2. The summed E-state index contributed by atoms with van der Waals surface area (Å²) in [5.41, 5.74) is 0.341. The van der Waals surface area contributed by atoms with Crippen molar-refractivity contribution >= 4 is 44.8 Å². The van der Waals surface area contributed by atoms with Crippen molar-refractivity contribution < 1.29 is 22.7 Å². The van der Waals surface area contributed by atoms with Gasteiger partial charge in [0, 0.05) is 18.8 Å². The lowest BCUT2D eigenvalue weighted by molar-refractivity contribution is -0.117. The Morgan fingerprint density at radius 1 is 1.36 bits per heavy atom. The highest BCUT2D eigenvalue weighted by molar-refractivity contribution is 7.89. The number of ether oxygens (including phenoxy) is 2. The molecule has 1 aromatic rings. The largest absolute Gasteiger partial charge is 0.495 e. The molecule has 1 saturated carbocycles. The molecule has 0 radical (unpaired) electrons. The maximum atomic E-state index is 12.9. The normalized spacial score (nSPS) is 23.1. The van der Waals surface area contributed by atoms with Crippen LogP contribution in [0.3, 0.4) is 0 Å². The summed E-state index contributed by atoms with van der Waals surface area (Å²) in [4.78, 5) is 12.1. The van der Waals surface area contributed by atoms with Gasteiger partial charge in [0.15, 0.2) is 0 Å². The SMILES string of the molecule is COc1ccc(NC(=O)[C@@H]2CC2(Cl)Cl)cc1S(=O)(=O)N1CCOCC1. The molecule has 0 spiro atoms. The molecule has 0 unspecified atom stereocenters. The number of morpholine rings is 1. The second-order valence-corrected chi connectivity index (χ2v) is 9.34. The minimum Gasteiger partial charge on any atom is -0.495 e. The number of hydrogen-bond acceptors (Lipinski definition) is 5.